The van der Waals surface area contributed by atoms with Crippen LogP contribution in [0.2, 0.25) is 0 Å². The standard InChI is InChI=1S/C27H26F2N6O/c1-34(23-7-10-30-11-8-23)25-9-12-31-27(32-25)19-4-2-3-18(13-19)17-35-26(36)6-5-24(33-35)20-14-21(28)16-22(29)15-20/h2-6,9,12-16,23,30H,7-8,10-11,17H2,1H3. The van der Waals surface area contributed by atoms with Crippen molar-refractivity contribution < 1.29 is 8.78 Å². The van der Waals surface area contributed by atoms with Crippen LogP contribution in [0.1, 0.15) is 18.4 Å². The Bertz CT molecular complexity index is 1410. The monoisotopic (exact) mass is 488 g/mol. The molecule has 1 saturated heterocycles. The Morgan fingerprint density at radius 3 is 2.56 bits per heavy atom. The van der Waals surface area contributed by atoms with Gasteiger partial charge in [0.15, 0.2) is 5.82 Å². The first-order valence-electron chi connectivity index (χ1n) is 11.9. The highest BCUT2D eigenvalue weighted by atomic mass is 19.1. The molecule has 4 aromatic rings. The number of nitrogens with one attached hydrogen (secondary N) is 1. The van der Waals surface area contributed by atoms with E-state index in [1.54, 1.807) is 6.20 Å². The molecule has 0 atom stereocenters. The second kappa shape index (κ2) is 10.3. The van der Waals surface area contributed by atoms with Gasteiger partial charge < -0.3 is 10.2 Å². The molecule has 5 rings (SSSR count). The van der Waals surface area contributed by atoms with Crippen LogP contribution in [-0.4, -0.2) is 45.9 Å². The van der Waals surface area contributed by atoms with E-state index in [0.717, 1.165) is 48.9 Å². The van der Waals surface area contributed by atoms with Gasteiger partial charge in [-0.25, -0.2) is 23.4 Å². The molecule has 1 N–H and O–H groups in total. The number of halogens is 2. The highest BCUT2D eigenvalue weighted by Gasteiger charge is 2.19. The smallest absolute Gasteiger partial charge is 0.267 e. The SMILES string of the molecule is CN(c1ccnc(-c2cccc(Cn3nc(-c4cc(F)cc(F)c4)ccc3=O)c2)n1)C1CCNCC1. The lowest BCUT2D eigenvalue weighted by Gasteiger charge is -2.32. The van der Waals surface area contributed by atoms with Crippen molar-refractivity contribution in [3.8, 4) is 22.6 Å². The number of hydrogen-bond donors (Lipinski definition) is 1. The lowest BCUT2D eigenvalue weighted by Crippen LogP contribution is -2.41. The molecule has 0 amide bonds. The van der Waals surface area contributed by atoms with Gasteiger partial charge in [0.25, 0.3) is 5.56 Å². The summed E-state index contributed by atoms with van der Waals surface area (Å²) < 4.78 is 28.6. The Hall–Kier alpha value is -3.98. The fourth-order valence-electron chi connectivity index (χ4n) is 4.47. The third-order valence-electron chi connectivity index (χ3n) is 6.40. The average Bonchev–Trinajstić information content (AvgIpc) is 2.90. The van der Waals surface area contributed by atoms with Gasteiger partial charge in [0.1, 0.15) is 17.5 Å². The van der Waals surface area contributed by atoms with Gasteiger partial charge in [-0.15, -0.1) is 0 Å². The zero-order valence-electron chi connectivity index (χ0n) is 19.9. The molecule has 7 nitrogen and oxygen atoms in total. The van der Waals surface area contributed by atoms with Crippen molar-refractivity contribution in [2.75, 3.05) is 25.0 Å². The zero-order chi connectivity index (χ0) is 25.1. The minimum absolute atomic E-state index is 0.187. The second-order valence-corrected chi connectivity index (χ2v) is 8.90. The summed E-state index contributed by atoms with van der Waals surface area (Å²) in [5, 5.41) is 7.72. The Kier molecular flexibility index (Phi) is 6.81. The third-order valence-corrected chi connectivity index (χ3v) is 6.40. The number of rotatable bonds is 6. The van der Waals surface area contributed by atoms with Gasteiger partial charge in [0.05, 0.1) is 12.2 Å². The molecular formula is C27H26F2N6O. The number of benzene rings is 2. The Balaban J connectivity index is 1.40. The van der Waals surface area contributed by atoms with Crippen LogP contribution >= 0.6 is 0 Å². The molecule has 3 heterocycles. The molecule has 0 bridgehead atoms. The van der Waals surface area contributed by atoms with Gasteiger partial charge in [-0.3, -0.25) is 4.79 Å². The van der Waals surface area contributed by atoms with Gasteiger partial charge in [-0.1, -0.05) is 18.2 Å². The van der Waals surface area contributed by atoms with E-state index in [2.05, 4.69) is 27.3 Å². The molecule has 36 heavy (non-hydrogen) atoms. The van der Waals surface area contributed by atoms with Crippen LogP contribution in [0.4, 0.5) is 14.6 Å². The topological polar surface area (TPSA) is 75.9 Å². The van der Waals surface area contributed by atoms with E-state index in [-0.39, 0.29) is 17.7 Å². The molecule has 2 aromatic heterocycles. The molecule has 1 aliphatic rings. The summed E-state index contributed by atoms with van der Waals surface area (Å²) in [7, 11) is 2.06. The molecule has 0 unspecified atom stereocenters. The van der Waals surface area contributed by atoms with E-state index >= 15 is 0 Å². The first-order chi connectivity index (χ1) is 17.5. The van der Waals surface area contributed by atoms with Crippen molar-refractivity contribution >= 4 is 5.82 Å². The number of anilines is 1. The minimum atomic E-state index is -0.703. The minimum Gasteiger partial charge on any atom is -0.356 e. The van der Waals surface area contributed by atoms with E-state index in [4.69, 9.17) is 4.98 Å². The maximum absolute atomic E-state index is 13.7. The molecule has 1 fully saturated rings. The van der Waals surface area contributed by atoms with E-state index in [1.165, 1.54) is 28.9 Å². The van der Waals surface area contributed by atoms with Crippen molar-refractivity contribution in [2.45, 2.75) is 25.4 Å². The van der Waals surface area contributed by atoms with Crippen LogP contribution in [0.5, 0.6) is 0 Å². The molecule has 0 aliphatic carbocycles. The van der Waals surface area contributed by atoms with Crippen LogP contribution < -0.4 is 15.8 Å². The molecule has 184 valence electrons. The van der Waals surface area contributed by atoms with Crippen LogP contribution in [0.25, 0.3) is 22.6 Å². The molecule has 0 saturated carbocycles. The number of piperidine rings is 1. The van der Waals surface area contributed by atoms with E-state index in [0.29, 0.717) is 17.6 Å². The quantitative estimate of drug-likeness (QED) is 0.444. The molecule has 1 aliphatic heterocycles. The molecule has 0 radical (unpaired) electrons. The van der Waals surface area contributed by atoms with Gasteiger partial charge in [0.2, 0.25) is 0 Å². The van der Waals surface area contributed by atoms with E-state index in [1.807, 2.05) is 30.3 Å². The first-order valence-corrected chi connectivity index (χ1v) is 11.9. The summed E-state index contributed by atoms with van der Waals surface area (Å²) in [6.45, 7) is 2.18. The maximum atomic E-state index is 13.7. The van der Waals surface area contributed by atoms with Gasteiger partial charge in [-0.05, 0) is 61.8 Å². The van der Waals surface area contributed by atoms with E-state index < -0.39 is 11.6 Å². The molecular weight excluding hydrogens is 462 g/mol. The first kappa shape index (κ1) is 23.7. The lowest BCUT2D eigenvalue weighted by molar-refractivity contribution is 0.441. The summed E-state index contributed by atoms with van der Waals surface area (Å²) in [5.74, 6) is 0.0557. The molecule has 9 heteroatoms. The normalized spacial score (nSPS) is 14.1. The Labute approximate surface area is 207 Å². The van der Waals surface area contributed by atoms with Crippen molar-refractivity contribution in [3.63, 3.8) is 0 Å². The molecule has 2 aromatic carbocycles. The predicted octanol–water partition coefficient (Wildman–Crippen LogP) is 3.88. The highest BCUT2D eigenvalue weighted by Crippen LogP contribution is 2.23. The summed E-state index contributed by atoms with van der Waals surface area (Å²) in [4.78, 5) is 24.0. The van der Waals surface area contributed by atoms with Gasteiger partial charge in [-0.2, -0.15) is 5.10 Å². The third kappa shape index (κ3) is 5.31. The second-order valence-electron chi connectivity index (χ2n) is 8.90. The number of hydrogen-bond acceptors (Lipinski definition) is 6. The maximum Gasteiger partial charge on any atom is 0.267 e. The van der Waals surface area contributed by atoms with E-state index in [9.17, 15) is 13.6 Å². The zero-order valence-corrected chi connectivity index (χ0v) is 19.9. The number of nitrogens with zero attached hydrogens (tertiary/aromatic N) is 5. The summed E-state index contributed by atoms with van der Waals surface area (Å²) in [5.41, 5.74) is 1.90. The summed E-state index contributed by atoms with van der Waals surface area (Å²) in [6, 6.07) is 15.9. The van der Waals surface area contributed by atoms with Crippen LogP contribution in [0, 0.1) is 11.6 Å². The van der Waals surface area contributed by atoms with Crippen molar-refractivity contribution in [3.05, 3.63) is 94.4 Å². The van der Waals surface area contributed by atoms with Gasteiger partial charge in [0, 0.05) is 42.5 Å². The van der Waals surface area contributed by atoms with Crippen LogP contribution in [-0.2, 0) is 6.54 Å². The van der Waals surface area contributed by atoms with Crippen molar-refractivity contribution in [2.24, 2.45) is 0 Å². The summed E-state index contributed by atoms with van der Waals surface area (Å²) in [6.07, 6.45) is 3.89. The predicted molar refractivity (Wildman–Crippen MR) is 135 cm³/mol. The fourth-order valence-corrected chi connectivity index (χ4v) is 4.47. The summed E-state index contributed by atoms with van der Waals surface area (Å²) >= 11 is 0. The largest absolute Gasteiger partial charge is 0.356 e. The highest BCUT2D eigenvalue weighted by molar-refractivity contribution is 5.59. The fraction of sp³-hybridized carbons (Fsp3) is 0.259. The van der Waals surface area contributed by atoms with Crippen LogP contribution in [0.15, 0.2) is 71.7 Å². The van der Waals surface area contributed by atoms with Crippen molar-refractivity contribution in [1.82, 2.24) is 25.1 Å². The van der Waals surface area contributed by atoms with Gasteiger partial charge >= 0.3 is 0 Å². The number of aromatic nitrogens is 4. The Morgan fingerprint density at radius 2 is 1.78 bits per heavy atom. The van der Waals surface area contributed by atoms with Crippen molar-refractivity contribution in [1.29, 1.82) is 0 Å². The average molecular weight is 489 g/mol. The lowest BCUT2D eigenvalue weighted by atomic mass is 10.1. The molecule has 0 spiro atoms. The Morgan fingerprint density at radius 1 is 1.00 bits per heavy atom. The van der Waals surface area contributed by atoms with Crippen LogP contribution in [0.3, 0.4) is 0 Å².